The molecule has 0 saturated heterocycles. The molecule has 4 nitrogen and oxygen atoms in total. The van der Waals surface area contributed by atoms with Crippen LogP contribution in [-0.4, -0.2) is 21.0 Å². The van der Waals surface area contributed by atoms with E-state index in [9.17, 15) is 4.21 Å². The zero-order valence-electron chi connectivity index (χ0n) is 13.6. The minimum absolute atomic E-state index is 0.401. The molecule has 24 heavy (non-hydrogen) atoms. The number of ether oxygens (including phenoxy) is 1. The van der Waals surface area contributed by atoms with Gasteiger partial charge in [-0.3, -0.25) is 8.74 Å². The Morgan fingerprint density at radius 2 is 1.79 bits per heavy atom. The minimum atomic E-state index is -2.35. The highest BCUT2D eigenvalue weighted by Crippen LogP contribution is 2.31. The maximum Gasteiger partial charge on any atom is 0.302 e. The van der Waals surface area contributed by atoms with Gasteiger partial charge in [-0.1, -0.05) is 54.5 Å². The van der Waals surface area contributed by atoms with Gasteiger partial charge < -0.3 is 4.74 Å². The highest BCUT2D eigenvalue weighted by molar-refractivity contribution is 7.74. The highest BCUT2D eigenvalue weighted by atomic mass is 32.2. The summed E-state index contributed by atoms with van der Waals surface area (Å²) in [7, 11) is 0. The van der Waals surface area contributed by atoms with Crippen LogP contribution < -0.4 is 4.74 Å². The summed E-state index contributed by atoms with van der Waals surface area (Å²) in [6.45, 7) is 3.44. The highest BCUT2D eigenvalue weighted by Gasteiger charge is 2.22. The van der Waals surface area contributed by atoms with E-state index in [2.05, 4.69) is 11.8 Å². The molecule has 0 heterocycles. The van der Waals surface area contributed by atoms with Crippen LogP contribution in [-0.2, 0) is 15.5 Å². The van der Waals surface area contributed by atoms with Crippen molar-refractivity contribution in [2.45, 2.75) is 32.5 Å². The molecule has 0 aliphatic rings. The predicted octanol–water partition coefficient (Wildman–Crippen LogP) is 4.06. The SMILES string of the molecule is CC#CCC(Oc1ccccc1-c1ccccc1)C(C)OS(=O)O. The van der Waals surface area contributed by atoms with E-state index in [0.717, 1.165) is 11.1 Å². The van der Waals surface area contributed by atoms with Gasteiger partial charge in [-0.15, -0.1) is 5.92 Å². The predicted molar refractivity (Wildman–Crippen MR) is 95.7 cm³/mol. The fourth-order valence-electron chi connectivity index (χ4n) is 2.29. The van der Waals surface area contributed by atoms with E-state index < -0.39 is 23.6 Å². The maximum atomic E-state index is 10.9. The van der Waals surface area contributed by atoms with Crippen molar-refractivity contribution in [3.63, 3.8) is 0 Å². The van der Waals surface area contributed by atoms with E-state index in [4.69, 9.17) is 13.5 Å². The summed E-state index contributed by atoms with van der Waals surface area (Å²) >= 11 is -2.35. The monoisotopic (exact) mass is 344 g/mol. The number of rotatable bonds is 7. The fraction of sp³-hybridized carbons (Fsp3) is 0.263. The average Bonchev–Trinajstić information content (AvgIpc) is 2.59. The Morgan fingerprint density at radius 3 is 2.46 bits per heavy atom. The molecule has 0 aliphatic carbocycles. The Kier molecular flexibility index (Phi) is 7.01. The molecule has 0 spiro atoms. The zero-order chi connectivity index (χ0) is 17.4. The molecule has 5 heteroatoms. The summed E-state index contributed by atoms with van der Waals surface area (Å²) in [6, 6.07) is 17.6. The van der Waals surface area contributed by atoms with Crippen LogP contribution in [0.2, 0.25) is 0 Å². The molecule has 0 fully saturated rings. The van der Waals surface area contributed by atoms with E-state index in [0.29, 0.717) is 12.2 Å². The fourth-order valence-corrected chi connectivity index (χ4v) is 2.67. The van der Waals surface area contributed by atoms with Crippen LogP contribution in [0.3, 0.4) is 0 Å². The molecule has 2 rings (SSSR count). The van der Waals surface area contributed by atoms with Crippen molar-refractivity contribution < 1.29 is 17.7 Å². The summed E-state index contributed by atoms with van der Waals surface area (Å²) in [5.74, 6) is 6.45. The second kappa shape index (κ2) is 9.24. The minimum Gasteiger partial charge on any atom is -0.486 e. The first kappa shape index (κ1) is 18.2. The van der Waals surface area contributed by atoms with Crippen molar-refractivity contribution in [3.05, 3.63) is 54.6 Å². The first-order valence-electron chi connectivity index (χ1n) is 7.60. The lowest BCUT2D eigenvalue weighted by molar-refractivity contribution is 0.0723. The second-order valence-electron chi connectivity index (χ2n) is 5.17. The molecule has 0 aromatic heterocycles. The lowest BCUT2D eigenvalue weighted by Gasteiger charge is -2.23. The van der Waals surface area contributed by atoms with Crippen molar-refractivity contribution in [2.24, 2.45) is 0 Å². The van der Waals surface area contributed by atoms with Gasteiger partial charge in [-0.05, 0) is 25.5 Å². The van der Waals surface area contributed by atoms with Crippen molar-refractivity contribution in [1.29, 1.82) is 0 Å². The normalized spacial score (nSPS) is 14.1. The van der Waals surface area contributed by atoms with Gasteiger partial charge in [0, 0.05) is 12.0 Å². The maximum absolute atomic E-state index is 10.9. The van der Waals surface area contributed by atoms with Crippen molar-refractivity contribution in [1.82, 2.24) is 0 Å². The average molecular weight is 344 g/mol. The Hall–Kier alpha value is -2.13. The lowest BCUT2D eigenvalue weighted by atomic mass is 10.0. The number of hydrogen-bond donors (Lipinski definition) is 1. The second-order valence-corrected chi connectivity index (χ2v) is 5.79. The molecule has 0 bridgehead atoms. The van der Waals surface area contributed by atoms with Gasteiger partial charge in [0.15, 0.2) is 0 Å². The topological polar surface area (TPSA) is 55.8 Å². The van der Waals surface area contributed by atoms with Gasteiger partial charge in [0.2, 0.25) is 0 Å². The summed E-state index contributed by atoms with van der Waals surface area (Å²) in [5.41, 5.74) is 1.98. The van der Waals surface area contributed by atoms with Gasteiger partial charge in [0.1, 0.15) is 18.0 Å². The van der Waals surface area contributed by atoms with E-state index in [1.165, 1.54) is 0 Å². The van der Waals surface area contributed by atoms with Crippen molar-refractivity contribution in [2.75, 3.05) is 0 Å². The Balaban J connectivity index is 2.28. The van der Waals surface area contributed by atoms with E-state index in [1.807, 2.05) is 54.6 Å². The molecule has 0 saturated carbocycles. The van der Waals surface area contributed by atoms with E-state index >= 15 is 0 Å². The Bertz CT molecular complexity index is 734. The van der Waals surface area contributed by atoms with Gasteiger partial charge in [-0.25, -0.2) is 0 Å². The number of para-hydroxylation sites is 1. The first-order chi connectivity index (χ1) is 11.6. The van der Waals surface area contributed by atoms with Gasteiger partial charge in [-0.2, -0.15) is 4.21 Å². The van der Waals surface area contributed by atoms with Gasteiger partial charge >= 0.3 is 11.4 Å². The third-order valence-electron chi connectivity index (χ3n) is 3.49. The number of benzene rings is 2. The van der Waals surface area contributed by atoms with Crippen molar-refractivity contribution in [3.8, 4) is 28.7 Å². The van der Waals surface area contributed by atoms with Gasteiger partial charge in [0.05, 0.1) is 0 Å². The smallest absolute Gasteiger partial charge is 0.302 e. The van der Waals surface area contributed by atoms with Crippen LogP contribution in [0.15, 0.2) is 54.6 Å². The molecule has 0 aliphatic heterocycles. The summed E-state index contributed by atoms with van der Waals surface area (Å²) in [6.07, 6.45) is -0.642. The van der Waals surface area contributed by atoms with Crippen LogP contribution in [0.4, 0.5) is 0 Å². The standard InChI is InChI=1S/C19H20O4S/c1-3-4-13-18(15(2)23-24(20)21)22-19-14-9-8-12-17(19)16-10-6-5-7-11-16/h5-12,14-15,18H,13H2,1-2H3,(H,20,21). The summed E-state index contributed by atoms with van der Waals surface area (Å²) in [4.78, 5) is 0. The van der Waals surface area contributed by atoms with Gasteiger partial charge in [0.25, 0.3) is 0 Å². The largest absolute Gasteiger partial charge is 0.486 e. The molecular formula is C19H20O4S. The Morgan fingerprint density at radius 1 is 1.12 bits per heavy atom. The molecule has 0 radical (unpaired) electrons. The molecular weight excluding hydrogens is 324 g/mol. The van der Waals surface area contributed by atoms with E-state index in [-0.39, 0.29) is 0 Å². The summed E-state index contributed by atoms with van der Waals surface area (Å²) < 4.78 is 30.9. The molecule has 0 amide bonds. The third-order valence-corrected chi connectivity index (χ3v) is 3.96. The lowest BCUT2D eigenvalue weighted by Crippen LogP contribution is -2.32. The van der Waals surface area contributed by atoms with Crippen LogP contribution >= 0.6 is 0 Å². The molecule has 3 atom stereocenters. The quantitative estimate of drug-likeness (QED) is 0.608. The van der Waals surface area contributed by atoms with Crippen LogP contribution in [0.1, 0.15) is 20.3 Å². The molecule has 2 aromatic rings. The number of hydrogen-bond acceptors (Lipinski definition) is 3. The van der Waals surface area contributed by atoms with Crippen LogP contribution in [0, 0.1) is 11.8 Å². The van der Waals surface area contributed by atoms with Crippen LogP contribution in [0.25, 0.3) is 11.1 Å². The third kappa shape index (κ3) is 5.20. The zero-order valence-corrected chi connectivity index (χ0v) is 14.5. The molecule has 3 unspecified atom stereocenters. The molecule has 126 valence electrons. The van der Waals surface area contributed by atoms with Crippen LogP contribution in [0.5, 0.6) is 5.75 Å². The van der Waals surface area contributed by atoms with Crippen molar-refractivity contribution >= 4 is 11.4 Å². The Labute approximate surface area is 145 Å². The molecule has 1 N–H and O–H groups in total. The first-order valence-corrected chi connectivity index (χ1v) is 8.63. The van der Waals surface area contributed by atoms with E-state index in [1.54, 1.807) is 13.8 Å². The summed E-state index contributed by atoms with van der Waals surface area (Å²) in [5, 5.41) is 0. The molecule has 2 aromatic carbocycles.